The highest BCUT2D eigenvalue weighted by Gasteiger charge is 1.91. The lowest BCUT2D eigenvalue weighted by molar-refractivity contribution is -0.128. The molecule has 0 fully saturated rings. The molecule has 0 rings (SSSR count). The fourth-order valence-electron chi connectivity index (χ4n) is 0.947. The van der Waals surface area contributed by atoms with Gasteiger partial charge in [-0.2, -0.15) is 0 Å². The molecule has 0 bridgehead atoms. The van der Waals surface area contributed by atoms with E-state index in [0.717, 1.165) is 45.7 Å². The Morgan fingerprint density at radius 1 is 0.929 bits per heavy atom. The smallest absolute Gasteiger partial charge is 0.293 e. The van der Waals surface area contributed by atoms with Crippen LogP contribution < -0.4 is 0 Å². The van der Waals surface area contributed by atoms with Crippen LogP contribution in [0.15, 0.2) is 0 Å². The second-order valence-electron chi connectivity index (χ2n) is 2.84. The fraction of sp³-hybridized carbons (Fsp3) is 0.900. The second-order valence-corrected chi connectivity index (χ2v) is 2.84. The fourth-order valence-corrected chi connectivity index (χ4v) is 0.947. The van der Waals surface area contributed by atoms with E-state index in [9.17, 15) is 4.79 Å². The van der Waals surface area contributed by atoms with Gasteiger partial charge in [0, 0.05) is 26.4 Å². The predicted octanol–water partition coefficient (Wildman–Crippen LogP) is 1.38. The quantitative estimate of drug-likeness (QED) is 0.377. The maximum atomic E-state index is 9.77. The van der Waals surface area contributed by atoms with Gasteiger partial charge >= 0.3 is 0 Å². The Bertz CT molecular complexity index is 117. The molecule has 0 aromatic heterocycles. The molecule has 0 aromatic carbocycles. The highest BCUT2D eigenvalue weighted by molar-refractivity contribution is 5.36. The van der Waals surface area contributed by atoms with E-state index in [1.54, 1.807) is 0 Å². The molecule has 0 N–H and O–H groups in total. The molecule has 0 aliphatic heterocycles. The molecule has 0 aliphatic carbocycles. The first-order valence-corrected chi connectivity index (χ1v) is 5.12. The number of rotatable bonds is 11. The van der Waals surface area contributed by atoms with Gasteiger partial charge in [-0.3, -0.25) is 4.79 Å². The first-order chi connectivity index (χ1) is 6.91. The zero-order valence-electron chi connectivity index (χ0n) is 8.87. The van der Waals surface area contributed by atoms with E-state index in [1.807, 2.05) is 6.92 Å². The van der Waals surface area contributed by atoms with E-state index in [-0.39, 0.29) is 0 Å². The van der Waals surface area contributed by atoms with Crippen molar-refractivity contribution >= 4 is 6.47 Å². The highest BCUT2D eigenvalue weighted by Crippen LogP contribution is 1.92. The highest BCUT2D eigenvalue weighted by atomic mass is 16.5. The first kappa shape index (κ1) is 13.4. The van der Waals surface area contributed by atoms with Crippen LogP contribution >= 0.6 is 0 Å². The molecular formula is C10H20O4. The molecule has 0 heterocycles. The second kappa shape index (κ2) is 12.4. The number of carbonyl (C=O) groups excluding carboxylic acids is 1. The average Bonchev–Trinajstić information content (AvgIpc) is 2.21. The average molecular weight is 204 g/mol. The molecule has 0 spiro atoms. The first-order valence-electron chi connectivity index (χ1n) is 5.12. The van der Waals surface area contributed by atoms with Gasteiger partial charge in [-0.1, -0.05) is 0 Å². The summed E-state index contributed by atoms with van der Waals surface area (Å²) in [6, 6.07) is 0. The van der Waals surface area contributed by atoms with Crippen LogP contribution in [-0.2, 0) is 19.0 Å². The minimum atomic E-state index is 0.475. The lowest BCUT2D eigenvalue weighted by atomic mass is 10.3. The zero-order valence-corrected chi connectivity index (χ0v) is 8.87. The van der Waals surface area contributed by atoms with Crippen molar-refractivity contribution in [1.82, 2.24) is 0 Å². The third-order valence-electron chi connectivity index (χ3n) is 1.65. The van der Waals surface area contributed by atoms with Gasteiger partial charge in [-0.15, -0.1) is 0 Å². The molecule has 0 saturated heterocycles. The van der Waals surface area contributed by atoms with Crippen molar-refractivity contribution in [2.24, 2.45) is 0 Å². The minimum absolute atomic E-state index is 0.475. The van der Waals surface area contributed by atoms with Gasteiger partial charge in [-0.05, 0) is 26.2 Å². The summed E-state index contributed by atoms with van der Waals surface area (Å²) in [6.45, 7) is 5.96. The minimum Gasteiger partial charge on any atom is -0.468 e. The van der Waals surface area contributed by atoms with Crippen LogP contribution in [0.25, 0.3) is 0 Å². The van der Waals surface area contributed by atoms with Gasteiger partial charge in [-0.25, -0.2) is 0 Å². The van der Waals surface area contributed by atoms with Gasteiger partial charge in [0.05, 0.1) is 6.61 Å². The largest absolute Gasteiger partial charge is 0.468 e. The number of ether oxygens (including phenoxy) is 3. The molecule has 14 heavy (non-hydrogen) atoms. The number of hydrogen-bond acceptors (Lipinski definition) is 4. The van der Waals surface area contributed by atoms with Crippen molar-refractivity contribution in [1.29, 1.82) is 0 Å². The van der Waals surface area contributed by atoms with Crippen molar-refractivity contribution in [3.8, 4) is 0 Å². The van der Waals surface area contributed by atoms with Crippen LogP contribution in [0.2, 0.25) is 0 Å². The molecule has 0 atom stereocenters. The molecule has 0 aromatic rings. The molecule has 4 nitrogen and oxygen atoms in total. The van der Waals surface area contributed by atoms with Crippen LogP contribution in [0.5, 0.6) is 0 Å². The van der Waals surface area contributed by atoms with E-state index in [1.165, 1.54) is 0 Å². The lowest BCUT2D eigenvalue weighted by Crippen LogP contribution is -2.02. The number of unbranched alkanes of at least 4 members (excludes halogenated alkanes) is 1. The van der Waals surface area contributed by atoms with Gasteiger partial charge in [0.2, 0.25) is 0 Å². The van der Waals surface area contributed by atoms with Crippen molar-refractivity contribution < 1.29 is 19.0 Å². The van der Waals surface area contributed by atoms with Gasteiger partial charge in [0.1, 0.15) is 0 Å². The van der Waals surface area contributed by atoms with Crippen molar-refractivity contribution in [3.63, 3.8) is 0 Å². The molecule has 0 aliphatic rings. The normalized spacial score (nSPS) is 10.1. The summed E-state index contributed by atoms with van der Waals surface area (Å²) in [5.41, 5.74) is 0. The molecular weight excluding hydrogens is 184 g/mol. The van der Waals surface area contributed by atoms with Crippen LogP contribution in [-0.4, -0.2) is 39.5 Å². The van der Waals surface area contributed by atoms with Crippen LogP contribution in [0.1, 0.15) is 26.2 Å². The lowest BCUT2D eigenvalue weighted by Gasteiger charge is -2.03. The van der Waals surface area contributed by atoms with E-state index in [2.05, 4.69) is 4.74 Å². The Kier molecular flexibility index (Phi) is 11.9. The topological polar surface area (TPSA) is 44.8 Å². The Labute approximate surface area is 85.5 Å². The van der Waals surface area contributed by atoms with Gasteiger partial charge in [0.15, 0.2) is 0 Å². The zero-order chi connectivity index (χ0) is 10.5. The van der Waals surface area contributed by atoms with Crippen molar-refractivity contribution in [2.45, 2.75) is 26.2 Å². The summed E-state index contributed by atoms with van der Waals surface area (Å²) in [6.07, 6.45) is 2.74. The molecule has 0 radical (unpaired) electrons. The van der Waals surface area contributed by atoms with Crippen LogP contribution in [0.3, 0.4) is 0 Å². The van der Waals surface area contributed by atoms with E-state index in [0.29, 0.717) is 13.1 Å². The molecule has 0 unspecified atom stereocenters. The molecule has 84 valence electrons. The van der Waals surface area contributed by atoms with E-state index < -0.39 is 0 Å². The summed E-state index contributed by atoms with van der Waals surface area (Å²) in [4.78, 5) is 9.77. The van der Waals surface area contributed by atoms with Gasteiger partial charge in [0.25, 0.3) is 6.47 Å². The molecule has 4 heteroatoms. The monoisotopic (exact) mass is 204 g/mol. The van der Waals surface area contributed by atoms with E-state index >= 15 is 0 Å². The van der Waals surface area contributed by atoms with Crippen molar-refractivity contribution in [3.05, 3.63) is 0 Å². The standard InChI is InChI=1S/C10H20O4/c1-2-12-8-5-9-13-6-3-4-7-14-10-11/h10H,2-9H2,1H3. The SMILES string of the molecule is CCOCCCOCCCCOC=O. The molecule has 0 amide bonds. The summed E-state index contributed by atoms with van der Waals surface area (Å²) >= 11 is 0. The number of carbonyl (C=O) groups is 1. The van der Waals surface area contributed by atoms with E-state index in [4.69, 9.17) is 9.47 Å². The summed E-state index contributed by atoms with van der Waals surface area (Å²) < 4.78 is 15.0. The maximum absolute atomic E-state index is 9.77. The van der Waals surface area contributed by atoms with Crippen LogP contribution in [0, 0.1) is 0 Å². The van der Waals surface area contributed by atoms with Crippen LogP contribution in [0.4, 0.5) is 0 Å². The Morgan fingerprint density at radius 3 is 2.29 bits per heavy atom. The third kappa shape index (κ3) is 11.4. The van der Waals surface area contributed by atoms with Gasteiger partial charge < -0.3 is 14.2 Å². The Hall–Kier alpha value is -0.610. The third-order valence-corrected chi connectivity index (χ3v) is 1.65. The predicted molar refractivity (Wildman–Crippen MR) is 53.2 cm³/mol. The summed E-state index contributed by atoms with van der Waals surface area (Å²) in [7, 11) is 0. The summed E-state index contributed by atoms with van der Waals surface area (Å²) in [5.74, 6) is 0. The Morgan fingerprint density at radius 2 is 1.57 bits per heavy atom. The Balaban J connectivity index is 2.81. The maximum Gasteiger partial charge on any atom is 0.293 e. The molecule has 0 saturated carbocycles. The van der Waals surface area contributed by atoms with Crippen molar-refractivity contribution in [2.75, 3.05) is 33.0 Å². The number of hydrogen-bond donors (Lipinski definition) is 0. The summed E-state index contributed by atoms with van der Waals surface area (Å²) in [5, 5.41) is 0.